The Labute approximate surface area is 128 Å². The quantitative estimate of drug-likeness (QED) is 0.900. The summed E-state index contributed by atoms with van der Waals surface area (Å²) in [7, 11) is 0. The molecule has 2 aliphatic rings. The Morgan fingerprint density at radius 1 is 1.45 bits per heavy atom. The highest BCUT2D eigenvalue weighted by molar-refractivity contribution is 8.00. The van der Waals surface area contributed by atoms with Gasteiger partial charge in [-0.3, -0.25) is 4.79 Å². The van der Waals surface area contributed by atoms with Crippen molar-refractivity contribution in [2.45, 2.75) is 29.8 Å². The summed E-state index contributed by atoms with van der Waals surface area (Å²) in [6.07, 6.45) is 1.17. The van der Waals surface area contributed by atoms with Crippen molar-refractivity contribution in [3.63, 3.8) is 0 Å². The van der Waals surface area contributed by atoms with E-state index in [9.17, 15) is 4.79 Å². The molecule has 2 saturated heterocycles. The predicted octanol–water partition coefficient (Wildman–Crippen LogP) is 1.55. The van der Waals surface area contributed by atoms with Crippen molar-refractivity contribution in [2.75, 3.05) is 5.75 Å². The normalized spacial score (nSPS) is 31.6. The van der Waals surface area contributed by atoms with Crippen molar-refractivity contribution in [2.24, 2.45) is 5.73 Å². The molecule has 1 aromatic rings. The number of hydrogen-bond acceptors (Lipinski definition) is 4. The molecule has 0 bridgehead atoms. The summed E-state index contributed by atoms with van der Waals surface area (Å²) < 4.78 is 0. The number of hydrogen-bond donors (Lipinski definition) is 1. The van der Waals surface area contributed by atoms with Crippen LogP contribution in [-0.2, 0) is 11.2 Å². The van der Waals surface area contributed by atoms with Crippen molar-refractivity contribution in [3.8, 4) is 6.07 Å². The van der Waals surface area contributed by atoms with Crippen molar-refractivity contribution in [1.82, 2.24) is 4.90 Å². The van der Waals surface area contributed by atoms with Crippen molar-refractivity contribution < 1.29 is 4.79 Å². The molecule has 1 amide bonds. The Kier molecular flexibility index (Phi) is 4.28. The summed E-state index contributed by atoms with van der Waals surface area (Å²) in [6, 6.07) is 11.7. The van der Waals surface area contributed by atoms with E-state index in [0.717, 1.165) is 5.56 Å². The number of halogens is 1. The molecule has 0 saturated carbocycles. The predicted molar refractivity (Wildman–Crippen MR) is 81.4 cm³/mol. The summed E-state index contributed by atoms with van der Waals surface area (Å²) in [5.74, 6) is 0.631. The highest BCUT2D eigenvalue weighted by Gasteiger charge is 2.54. The molecule has 0 unspecified atom stereocenters. The molecule has 3 atom stereocenters. The highest BCUT2D eigenvalue weighted by Crippen LogP contribution is 2.42. The van der Waals surface area contributed by atoms with Gasteiger partial charge in [0.05, 0.1) is 11.4 Å². The topological polar surface area (TPSA) is 70.1 Å². The van der Waals surface area contributed by atoms with Gasteiger partial charge in [0.1, 0.15) is 11.6 Å². The number of nitrogens with two attached hydrogens (primary N) is 1. The minimum atomic E-state index is -0.853. The SMILES string of the molecule is Cl.N#C[C@@H]1CS[C@H]2C[C@@](N)(Cc3ccccc3)C(=O)N12. The van der Waals surface area contributed by atoms with Gasteiger partial charge in [0, 0.05) is 12.2 Å². The number of benzene rings is 1. The number of nitriles is 1. The molecule has 20 heavy (non-hydrogen) atoms. The standard InChI is InChI=1S/C14H15N3OS.ClH/c15-8-11-9-19-12-7-14(16,13(18)17(11)12)6-10-4-2-1-3-5-10;/h1-5,11-12H,6-7,9,16H2;1H/t11-,12+,14+;/m1./s1. The van der Waals surface area contributed by atoms with Gasteiger partial charge >= 0.3 is 0 Å². The summed E-state index contributed by atoms with van der Waals surface area (Å²) in [5.41, 5.74) is 6.54. The molecule has 0 radical (unpaired) electrons. The molecule has 2 aliphatic heterocycles. The zero-order valence-corrected chi connectivity index (χ0v) is 12.5. The fraction of sp³-hybridized carbons (Fsp3) is 0.429. The van der Waals surface area contributed by atoms with Crippen LogP contribution >= 0.6 is 24.2 Å². The lowest BCUT2D eigenvalue weighted by molar-refractivity contribution is -0.132. The molecule has 0 spiro atoms. The Morgan fingerprint density at radius 3 is 2.80 bits per heavy atom. The number of carbonyl (C=O) groups excluding carboxylic acids is 1. The second-order valence-electron chi connectivity index (χ2n) is 5.17. The molecule has 2 N–H and O–H groups in total. The van der Waals surface area contributed by atoms with E-state index < -0.39 is 5.54 Å². The van der Waals surface area contributed by atoms with E-state index >= 15 is 0 Å². The summed E-state index contributed by atoms with van der Waals surface area (Å²) in [5, 5.41) is 9.17. The maximum Gasteiger partial charge on any atom is 0.245 e. The molecule has 106 valence electrons. The van der Waals surface area contributed by atoms with Crippen molar-refractivity contribution in [3.05, 3.63) is 35.9 Å². The van der Waals surface area contributed by atoms with Gasteiger partial charge in [-0.2, -0.15) is 5.26 Å². The van der Waals surface area contributed by atoms with Crippen LogP contribution in [0.25, 0.3) is 0 Å². The van der Waals surface area contributed by atoms with E-state index in [1.165, 1.54) is 0 Å². The van der Waals surface area contributed by atoms with E-state index in [4.69, 9.17) is 11.0 Å². The Bertz CT molecular complexity index is 547. The van der Waals surface area contributed by atoms with Gasteiger partial charge in [0.25, 0.3) is 0 Å². The number of nitrogens with zero attached hydrogens (tertiary/aromatic N) is 2. The number of carbonyl (C=O) groups is 1. The first-order valence-corrected chi connectivity index (χ1v) is 7.36. The second kappa shape index (κ2) is 5.65. The monoisotopic (exact) mass is 309 g/mol. The van der Waals surface area contributed by atoms with Crippen molar-refractivity contribution >= 4 is 30.1 Å². The molecular weight excluding hydrogens is 294 g/mol. The average Bonchev–Trinajstić information content (AvgIpc) is 2.90. The van der Waals surface area contributed by atoms with Gasteiger partial charge in [0.15, 0.2) is 0 Å². The third-order valence-corrected chi connectivity index (χ3v) is 5.09. The minimum absolute atomic E-state index is 0. The smallest absolute Gasteiger partial charge is 0.245 e. The first-order valence-electron chi connectivity index (χ1n) is 6.31. The van der Waals surface area contributed by atoms with Gasteiger partial charge in [-0.1, -0.05) is 30.3 Å². The van der Waals surface area contributed by atoms with Crippen LogP contribution in [0.1, 0.15) is 12.0 Å². The molecule has 2 fully saturated rings. The maximum atomic E-state index is 12.5. The van der Waals surface area contributed by atoms with Crippen LogP contribution in [0.4, 0.5) is 0 Å². The highest BCUT2D eigenvalue weighted by atomic mass is 35.5. The zero-order valence-electron chi connectivity index (χ0n) is 10.9. The molecule has 0 aliphatic carbocycles. The lowest BCUT2D eigenvalue weighted by Gasteiger charge is -2.24. The van der Waals surface area contributed by atoms with Gasteiger partial charge < -0.3 is 10.6 Å². The van der Waals surface area contributed by atoms with E-state index in [1.54, 1.807) is 16.7 Å². The lowest BCUT2D eigenvalue weighted by Crippen LogP contribution is -2.51. The average molecular weight is 310 g/mol. The van der Waals surface area contributed by atoms with Gasteiger partial charge in [-0.05, 0) is 12.0 Å². The Hall–Kier alpha value is -1.22. The van der Waals surface area contributed by atoms with Crippen LogP contribution in [-0.4, -0.2) is 33.5 Å². The molecule has 2 heterocycles. The molecular formula is C14H16ClN3OS. The number of fused-ring (bicyclic) bond motifs is 1. The van der Waals surface area contributed by atoms with Crippen LogP contribution in [0, 0.1) is 11.3 Å². The number of thioether (sulfide) groups is 1. The Balaban J connectivity index is 0.00000147. The van der Waals surface area contributed by atoms with Crippen LogP contribution in [0.15, 0.2) is 30.3 Å². The zero-order chi connectivity index (χ0) is 13.5. The summed E-state index contributed by atoms with van der Waals surface area (Å²) >= 11 is 1.66. The van der Waals surface area contributed by atoms with E-state index in [2.05, 4.69) is 6.07 Å². The fourth-order valence-corrected chi connectivity index (χ4v) is 4.31. The van der Waals surface area contributed by atoms with Crippen LogP contribution in [0.3, 0.4) is 0 Å². The number of rotatable bonds is 2. The van der Waals surface area contributed by atoms with E-state index in [-0.39, 0.29) is 29.7 Å². The van der Waals surface area contributed by atoms with Crippen LogP contribution < -0.4 is 5.73 Å². The third kappa shape index (κ3) is 2.39. The first-order chi connectivity index (χ1) is 9.14. The second-order valence-corrected chi connectivity index (χ2v) is 6.38. The molecule has 3 rings (SSSR count). The molecule has 1 aromatic carbocycles. The maximum absolute atomic E-state index is 12.5. The van der Waals surface area contributed by atoms with Crippen LogP contribution in [0.5, 0.6) is 0 Å². The number of amides is 1. The largest absolute Gasteiger partial charge is 0.317 e. The van der Waals surface area contributed by atoms with E-state index in [1.807, 2.05) is 30.3 Å². The first kappa shape index (κ1) is 15.2. The van der Waals surface area contributed by atoms with Gasteiger partial charge in [-0.25, -0.2) is 0 Å². The molecule has 0 aromatic heterocycles. The summed E-state index contributed by atoms with van der Waals surface area (Å²) in [6.45, 7) is 0. The molecule has 6 heteroatoms. The lowest BCUT2D eigenvalue weighted by atomic mass is 9.90. The molecule has 4 nitrogen and oxygen atoms in total. The Morgan fingerprint density at radius 2 is 2.15 bits per heavy atom. The third-order valence-electron chi connectivity index (χ3n) is 3.80. The van der Waals surface area contributed by atoms with Crippen LogP contribution in [0.2, 0.25) is 0 Å². The van der Waals surface area contributed by atoms with Crippen molar-refractivity contribution in [1.29, 1.82) is 5.26 Å². The fourth-order valence-electron chi connectivity index (χ4n) is 2.86. The van der Waals surface area contributed by atoms with E-state index in [0.29, 0.717) is 18.6 Å². The van der Waals surface area contributed by atoms with Gasteiger partial charge in [0.2, 0.25) is 5.91 Å². The summed E-state index contributed by atoms with van der Waals surface area (Å²) in [4.78, 5) is 14.2. The van der Waals surface area contributed by atoms with Gasteiger partial charge in [-0.15, -0.1) is 24.2 Å². The minimum Gasteiger partial charge on any atom is -0.317 e.